The highest BCUT2D eigenvalue weighted by Crippen LogP contribution is 2.27. The minimum Gasteiger partial charge on any atom is -0.296 e. The van der Waals surface area contributed by atoms with Crippen LogP contribution in [0.3, 0.4) is 0 Å². The molecule has 6 nitrogen and oxygen atoms in total. The van der Waals surface area contributed by atoms with Crippen molar-refractivity contribution in [3.63, 3.8) is 0 Å². The Kier molecular flexibility index (Phi) is 5.74. The second-order valence-electron chi connectivity index (χ2n) is 7.23. The summed E-state index contributed by atoms with van der Waals surface area (Å²) >= 11 is 6.21. The third kappa shape index (κ3) is 4.70. The molecule has 0 amide bonds. The van der Waals surface area contributed by atoms with Gasteiger partial charge in [-0.3, -0.25) is 4.90 Å². The van der Waals surface area contributed by atoms with Gasteiger partial charge in [-0.2, -0.15) is 9.40 Å². The summed E-state index contributed by atoms with van der Waals surface area (Å²) in [5.74, 6) is 0. The molecule has 0 N–H and O–H groups in total. The first-order valence-electron chi connectivity index (χ1n) is 9.47. The molecule has 1 aliphatic rings. The standard InChI is InChI=1S/C21H23ClN4O2S/c1-29(27,28)25-12-10-24(11-13-25)15-18-16-26(20-8-3-2-4-9-20)23-21(18)17-6-5-7-19(22)14-17/h2-9,14,16H,10-13,15H2,1H3. The van der Waals surface area contributed by atoms with Crippen LogP contribution in [0.1, 0.15) is 5.56 Å². The van der Waals surface area contributed by atoms with Crippen LogP contribution in [0.5, 0.6) is 0 Å². The van der Waals surface area contributed by atoms with E-state index in [0.29, 0.717) is 37.7 Å². The van der Waals surface area contributed by atoms with Gasteiger partial charge in [0.05, 0.1) is 17.6 Å². The van der Waals surface area contributed by atoms with Gasteiger partial charge in [0, 0.05) is 55.1 Å². The highest BCUT2D eigenvalue weighted by molar-refractivity contribution is 7.88. The van der Waals surface area contributed by atoms with Crippen molar-refractivity contribution in [3.8, 4) is 16.9 Å². The molecule has 0 unspecified atom stereocenters. The number of benzene rings is 2. The Balaban J connectivity index is 1.62. The lowest BCUT2D eigenvalue weighted by atomic mass is 10.1. The summed E-state index contributed by atoms with van der Waals surface area (Å²) in [6.07, 6.45) is 3.32. The van der Waals surface area contributed by atoms with Gasteiger partial charge >= 0.3 is 0 Å². The Hall–Kier alpha value is -2.19. The van der Waals surface area contributed by atoms with Crippen molar-refractivity contribution in [2.24, 2.45) is 0 Å². The summed E-state index contributed by atoms with van der Waals surface area (Å²) in [4.78, 5) is 2.27. The smallest absolute Gasteiger partial charge is 0.211 e. The zero-order valence-corrected chi connectivity index (χ0v) is 17.8. The van der Waals surface area contributed by atoms with E-state index in [1.54, 1.807) is 0 Å². The summed E-state index contributed by atoms with van der Waals surface area (Å²) in [6, 6.07) is 17.7. The van der Waals surface area contributed by atoms with E-state index in [-0.39, 0.29) is 0 Å². The van der Waals surface area contributed by atoms with Gasteiger partial charge in [-0.05, 0) is 24.3 Å². The van der Waals surface area contributed by atoms with Crippen LogP contribution < -0.4 is 0 Å². The van der Waals surface area contributed by atoms with E-state index < -0.39 is 10.0 Å². The Morgan fingerprint density at radius 1 is 1.00 bits per heavy atom. The largest absolute Gasteiger partial charge is 0.296 e. The summed E-state index contributed by atoms with van der Waals surface area (Å²) in [5, 5.41) is 5.51. The van der Waals surface area contributed by atoms with E-state index in [0.717, 1.165) is 22.5 Å². The molecule has 29 heavy (non-hydrogen) atoms. The van der Waals surface area contributed by atoms with Crippen molar-refractivity contribution in [1.29, 1.82) is 0 Å². The molecule has 1 aliphatic heterocycles. The summed E-state index contributed by atoms with van der Waals surface area (Å²) in [6.45, 7) is 3.11. The van der Waals surface area contributed by atoms with Crippen LogP contribution in [0.2, 0.25) is 5.02 Å². The Labute approximate surface area is 176 Å². The van der Waals surface area contributed by atoms with Gasteiger partial charge < -0.3 is 0 Å². The van der Waals surface area contributed by atoms with E-state index in [4.69, 9.17) is 16.7 Å². The van der Waals surface area contributed by atoms with Crippen LogP contribution in [-0.2, 0) is 16.6 Å². The summed E-state index contributed by atoms with van der Waals surface area (Å²) < 4.78 is 27.0. The second-order valence-corrected chi connectivity index (χ2v) is 9.65. The first-order chi connectivity index (χ1) is 13.9. The van der Waals surface area contributed by atoms with E-state index in [1.165, 1.54) is 10.6 Å². The highest BCUT2D eigenvalue weighted by atomic mass is 35.5. The number of sulfonamides is 1. The number of aromatic nitrogens is 2. The number of hydrogen-bond acceptors (Lipinski definition) is 4. The molecular weight excluding hydrogens is 408 g/mol. The maximum atomic E-state index is 11.8. The molecule has 0 saturated carbocycles. The number of piperazine rings is 1. The molecule has 0 radical (unpaired) electrons. The van der Waals surface area contributed by atoms with Gasteiger partial charge in [-0.25, -0.2) is 13.1 Å². The molecule has 0 aliphatic carbocycles. The highest BCUT2D eigenvalue weighted by Gasteiger charge is 2.24. The predicted molar refractivity (Wildman–Crippen MR) is 116 cm³/mol. The predicted octanol–water partition coefficient (Wildman–Crippen LogP) is 3.27. The van der Waals surface area contributed by atoms with Gasteiger partial charge in [0.1, 0.15) is 0 Å². The van der Waals surface area contributed by atoms with Crippen LogP contribution in [0.4, 0.5) is 0 Å². The molecule has 0 bridgehead atoms. The molecule has 4 rings (SSSR count). The van der Waals surface area contributed by atoms with Crippen LogP contribution in [0, 0.1) is 0 Å². The molecule has 0 atom stereocenters. The zero-order valence-electron chi connectivity index (χ0n) is 16.2. The molecule has 1 fully saturated rings. The average molecular weight is 431 g/mol. The first kappa shape index (κ1) is 20.1. The van der Waals surface area contributed by atoms with Crippen LogP contribution in [0.25, 0.3) is 16.9 Å². The molecular formula is C21H23ClN4O2S. The molecule has 1 saturated heterocycles. The molecule has 8 heteroatoms. The van der Waals surface area contributed by atoms with Gasteiger partial charge in [-0.15, -0.1) is 0 Å². The van der Waals surface area contributed by atoms with E-state index >= 15 is 0 Å². The van der Waals surface area contributed by atoms with Gasteiger partial charge in [-0.1, -0.05) is 41.9 Å². The van der Waals surface area contributed by atoms with Crippen LogP contribution >= 0.6 is 11.6 Å². The minimum absolute atomic E-state index is 0.512. The summed E-state index contributed by atoms with van der Waals surface area (Å²) in [5.41, 5.74) is 3.94. The molecule has 152 valence electrons. The number of rotatable bonds is 5. The minimum atomic E-state index is -3.13. The van der Waals surface area contributed by atoms with Crippen molar-refractivity contribution in [1.82, 2.24) is 19.0 Å². The lowest BCUT2D eigenvalue weighted by molar-refractivity contribution is 0.182. The Bertz CT molecular complexity index is 1090. The quantitative estimate of drug-likeness (QED) is 0.623. The van der Waals surface area contributed by atoms with Crippen molar-refractivity contribution in [2.45, 2.75) is 6.54 Å². The van der Waals surface area contributed by atoms with Crippen molar-refractivity contribution in [2.75, 3.05) is 32.4 Å². The zero-order chi connectivity index (χ0) is 20.4. The monoisotopic (exact) mass is 430 g/mol. The van der Waals surface area contributed by atoms with Crippen LogP contribution in [0.15, 0.2) is 60.8 Å². The van der Waals surface area contributed by atoms with Gasteiger partial charge in [0.15, 0.2) is 0 Å². The summed E-state index contributed by atoms with van der Waals surface area (Å²) in [7, 11) is -3.13. The normalized spacial score (nSPS) is 16.2. The van der Waals surface area contributed by atoms with E-state index in [9.17, 15) is 8.42 Å². The number of para-hydroxylation sites is 1. The number of hydrogen-bond donors (Lipinski definition) is 0. The fraction of sp³-hybridized carbons (Fsp3) is 0.286. The fourth-order valence-corrected chi connectivity index (χ4v) is 4.59. The maximum absolute atomic E-state index is 11.8. The fourth-order valence-electron chi connectivity index (χ4n) is 3.58. The third-order valence-electron chi connectivity index (χ3n) is 5.10. The molecule has 2 aromatic carbocycles. The molecule has 2 heterocycles. The first-order valence-corrected chi connectivity index (χ1v) is 11.7. The molecule has 3 aromatic rings. The topological polar surface area (TPSA) is 58.4 Å². The van der Waals surface area contributed by atoms with Gasteiger partial charge in [0.2, 0.25) is 10.0 Å². The maximum Gasteiger partial charge on any atom is 0.211 e. The van der Waals surface area contributed by atoms with E-state index in [2.05, 4.69) is 11.1 Å². The number of nitrogens with zero attached hydrogens (tertiary/aromatic N) is 4. The lowest BCUT2D eigenvalue weighted by Crippen LogP contribution is -2.47. The van der Waals surface area contributed by atoms with Gasteiger partial charge in [0.25, 0.3) is 0 Å². The second kappa shape index (κ2) is 8.28. The Morgan fingerprint density at radius 3 is 2.38 bits per heavy atom. The lowest BCUT2D eigenvalue weighted by Gasteiger charge is -2.33. The van der Waals surface area contributed by atoms with Crippen molar-refractivity contribution < 1.29 is 8.42 Å². The van der Waals surface area contributed by atoms with Crippen molar-refractivity contribution >= 4 is 21.6 Å². The molecule has 1 aromatic heterocycles. The van der Waals surface area contributed by atoms with E-state index in [1.807, 2.05) is 59.3 Å². The van der Waals surface area contributed by atoms with Crippen molar-refractivity contribution in [3.05, 3.63) is 71.4 Å². The third-order valence-corrected chi connectivity index (χ3v) is 6.64. The number of halogens is 1. The van der Waals surface area contributed by atoms with Crippen LogP contribution in [-0.4, -0.2) is 59.8 Å². The SMILES string of the molecule is CS(=O)(=O)N1CCN(Cc2cn(-c3ccccc3)nc2-c2cccc(Cl)c2)CC1. The molecule has 0 spiro atoms. The average Bonchev–Trinajstić information content (AvgIpc) is 3.12. The Morgan fingerprint density at radius 2 is 1.72 bits per heavy atom.